The number of benzene rings is 2. The number of nitrogens with zero attached hydrogens (tertiary/aromatic N) is 1. The standard InChI is InChI=1S/C18H15IN2O3/c1-2-8-21-17(23)14-7-6-11(9-15(14)18(21)24)16(22)20-13-5-3-4-12(19)10-13/h3-7,9-10H,2,8H2,1H3,(H,20,22). The van der Waals surface area contributed by atoms with Gasteiger partial charge in [-0.1, -0.05) is 13.0 Å². The van der Waals surface area contributed by atoms with E-state index in [4.69, 9.17) is 0 Å². The largest absolute Gasteiger partial charge is 0.322 e. The average Bonchev–Trinajstić information content (AvgIpc) is 2.80. The minimum Gasteiger partial charge on any atom is -0.322 e. The number of nitrogens with one attached hydrogen (secondary N) is 1. The van der Waals surface area contributed by atoms with Crippen molar-refractivity contribution < 1.29 is 14.4 Å². The lowest BCUT2D eigenvalue weighted by molar-refractivity contribution is 0.0654. The van der Waals surface area contributed by atoms with E-state index in [2.05, 4.69) is 27.9 Å². The van der Waals surface area contributed by atoms with Crippen molar-refractivity contribution in [3.63, 3.8) is 0 Å². The zero-order valence-electron chi connectivity index (χ0n) is 13.0. The van der Waals surface area contributed by atoms with Gasteiger partial charge < -0.3 is 5.32 Å². The van der Waals surface area contributed by atoms with Crippen molar-refractivity contribution in [3.8, 4) is 0 Å². The number of amides is 3. The second kappa shape index (κ2) is 6.72. The summed E-state index contributed by atoms with van der Waals surface area (Å²) in [5.74, 6) is -0.934. The highest BCUT2D eigenvalue weighted by atomic mass is 127. The van der Waals surface area contributed by atoms with Gasteiger partial charge in [-0.25, -0.2) is 0 Å². The first kappa shape index (κ1) is 16.6. The van der Waals surface area contributed by atoms with Crippen LogP contribution in [0, 0.1) is 3.57 Å². The molecule has 24 heavy (non-hydrogen) atoms. The summed E-state index contributed by atoms with van der Waals surface area (Å²) >= 11 is 2.17. The molecule has 0 fully saturated rings. The van der Waals surface area contributed by atoms with Crippen molar-refractivity contribution in [3.05, 3.63) is 62.7 Å². The third kappa shape index (κ3) is 3.06. The number of halogens is 1. The van der Waals surface area contributed by atoms with Gasteiger partial charge in [-0.2, -0.15) is 0 Å². The number of carbonyl (C=O) groups excluding carboxylic acids is 3. The van der Waals surface area contributed by atoms with Crippen molar-refractivity contribution >= 4 is 46.0 Å². The van der Waals surface area contributed by atoms with E-state index in [-0.39, 0.29) is 17.7 Å². The highest BCUT2D eigenvalue weighted by Crippen LogP contribution is 2.24. The topological polar surface area (TPSA) is 66.5 Å². The molecule has 0 radical (unpaired) electrons. The van der Waals surface area contributed by atoms with Crippen LogP contribution in [0.5, 0.6) is 0 Å². The zero-order valence-corrected chi connectivity index (χ0v) is 15.2. The molecule has 2 aromatic rings. The molecule has 0 spiro atoms. The summed E-state index contributed by atoms with van der Waals surface area (Å²) in [6.07, 6.45) is 0.700. The third-order valence-electron chi connectivity index (χ3n) is 3.76. The van der Waals surface area contributed by atoms with E-state index in [1.807, 2.05) is 25.1 Å². The lowest BCUT2D eigenvalue weighted by atomic mass is 10.1. The molecule has 3 rings (SSSR count). The fourth-order valence-electron chi connectivity index (χ4n) is 2.63. The van der Waals surface area contributed by atoms with Crippen molar-refractivity contribution in [2.45, 2.75) is 13.3 Å². The fourth-order valence-corrected chi connectivity index (χ4v) is 3.17. The molecular formula is C18H15IN2O3. The number of hydrogen-bond donors (Lipinski definition) is 1. The van der Waals surface area contributed by atoms with E-state index in [0.29, 0.717) is 35.3 Å². The first-order valence-corrected chi connectivity index (χ1v) is 8.66. The molecule has 2 aromatic carbocycles. The van der Waals surface area contributed by atoms with Gasteiger partial charge in [-0.15, -0.1) is 0 Å². The number of hydrogen-bond acceptors (Lipinski definition) is 3. The molecule has 122 valence electrons. The summed E-state index contributed by atoms with van der Waals surface area (Å²) in [6.45, 7) is 2.29. The van der Waals surface area contributed by atoms with Crippen molar-refractivity contribution in [2.24, 2.45) is 0 Å². The average molecular weight is 434 g/mol. The SMILES string of the molecule is CCCN1C(=O)c2ccc(C(=O)Nc3cccc(I)c3)cc2C1=O. The molecule has 5 nitrogen and oxygen atoms in total. The Morgan fingerprint density at radius 3 is 2.54 bits per heavy atom. The number of imide groups is 1. The summed E-state index contributed by atoms with van der Waals surface area (Å²) in [4.78, 5) is 38.2. The molecule has 3 amide bonds. The van der Waals surface area contributed by atoms with E-state index < -0.39 is 0 Å². The molecule has 0 saturated heterocycles. The van der Waals surface area contributed by atoms with E-state index >= 15 is 0 Å². The Balaban J connectivity index is 1.86. The zero-order chi connectivity index (χ0) is 17.3. The first-order valence-electron chi connectivity index (χ1n) is 7.58. The normalized spacial score (nSPS) is 13.2. The Morgan fingerprint density at radius 2 is 1.83 bits per heavy atom. The minimum atomic E-state index is -0.333. The molecule has 0 atom stereocenters. The van der Waals surface area contributed by atoms with Crippen LogP contribution in [0.3, 0.4) is 0 Å². The second-order valence-corrected chi connectivity index (χ2v) is 6.73. The van der Waals surface area contributed by atoms with Crippen LogP contribution in [-0.2, 0) is 0 Å². The lowest BCUT2D eigenvalue weighted by Crippen LogP contribution is -2.30. The quantitative estimate of drug-likeness (QED) is 0.592. The fraction of sp³-hybridized carbons (Fsp3) is 0.167. The number of fused-ring (bicyclic) bond motifs is 1. The smallest absolute Gasteiger partial charge is 0.261 e. The Morgan fingerprint density at radius 1 is 1.08 bits per heavy atom. The Kier molecular flexibility index (Phi) is 4.66. The van der Waals surface area contributed by atoms with Gasteiger partial charge in [0.1, 0.15) is 0 Å². The number of carbonyl (C=O) groups is 3. The van der Waals surface area contributed by atoms with Crippen LogP contribution in [0.1, 0.15) is 44.4 Å². The first-order chi connectivity index (χ1) is 11.5. The maximum atomic E-state index is 12.4. The van der Waals surface area contributed by atoms with Gasteiger partial charge >= 0.3 is 0 Å². The van der Waals surface area contributed by atoms with Crippen LogP contribution in [-0.4, -0.2) is 29.2 Å². The molecule has 0 aliphatic carbocycles. The summed E-state index contributed by atoms with van der Waals surface area (Å²) in [7, 11) is 0. The third-order valence-corrected chi connectivity index (χ3v) is 4.43. The summed E-state index contributed by atoms with van der Waals surface area (Å²) < 4.78 is 1.01. The predicted molar refractivity (Wildman–Crippen MR) is 99.2 cm³/mol. The van der Waals surface area contributed by atoms with Gasteiger partial charge in [-0.3, -0.25) is 19.3 Å². The molecule has 0 unspecified atom stereocenters. The monoisotopic (exact) mass is 434 g/mol. The van der Waals surface area contributed by atoms with Gasteiger partial charge in [0.25, 0.3) is 17.7 Å². The Hall–Kier alpha value is -2.22. The highest BCUT2D eigenvalue weighted by molar-refractivity contribution is 14.1. The molecule has 1 aliphatic heterocycles. The summed E-state index contributed by atoms with van der Waals surface area (Å²) in [5, 5.41) is 2.80. The van der Waals surface area contributed by atoms with Gasteiger partial charge in [0, 0.05) is 21.4 Å². The molecule has 1 aliphatic rings. The number of rotatable bonds is 4. The molecule has 0 aromatic heterocycles. The maximum absolute atomic E-state index is 12.4. The van der Waals surface area contributed by atoms with Crippen LogP contribution >= 0.6 is 22.6 Å². The van der Waals surface area contributed by atoms with Crippen LogP contribution in [0.2, 0.25) is 0 Å². The van der Waals surface area contributed by atoms with Gasteiger partial charge in [0.05, 0.1) is 11.1 Å². The maximum Gasteiger partial charge on any atom is 0.261 e. The highest BCUT2D eigenvalue weighted by Gasteiger charge is 2.35. The molecule has 0 bridgehead atoms. The van der Waals surface area contributed by atoms with E-state index in [1.165, 1.54) is 11.0 Å². The summed E-state index contributed by atoms with van der Waals surface area (Å²) in [6, 6.07) is 12.0. The van der Waals surface area contributed by atoms with Crippen LogP contribution in [0.15, 0.2) is 42.5 Å². The molecule has 0 saturated carbocycles. The predicted octanol–water partition coefficient (Wildman–Crippen LogP) is 3.55. The lowest BCUT2D eigenvalue weighted by Gasteiger charge is -2.11. The molecule has 1 heterocycles. The van der Waals surface area contributed by atoms with Crippen LogP contribution < -0.4 is 5.32 Å². The van der Waals surface area contributed by atoms with E-state index in [0.717, 1.165) is 3.57 Å². The Bertz CT molecular complexity index is 848. The summed E-state index contributed by atoms with van der Waals surface area (Å²) in [5.41, 5.74) is 1.69. The molecular weight excluding hydrogens is 419 g/mol. The molecule has 6 heteroatoms. The van der Waals surface area contributed by atoms with Gasteiger partial charge in [0.2, 0.25) is 0 Å². The van der Waals surface area contributed by atoms with E-state index in [9.17, 15) is 14.4 Å². The Labute approximate surface area is 153 Å². The molecule has 1 N–H and O–H groups in total. The van der Waals surface area contributed by atoms with Crippen molar-refractivity contribution in [1.82, 2.24) is 4.90 Å². The van der Waals surface area contributed by atoms with Gasteiger partial charge in [-0.05, 0) is 65.4 Å². The van der Waals surface area contributed by atoms with Crippen molar-refractivity contribution in [2.75, 3.05) is 11.9 Å². The second-order valence-electron chi connectivity index (χ2n) is 5.49. The van der Waals surface area contributed by atoms with Crippen molar-refractivity contribution in [1.29, 1.82) is 0 Å². The van der Waals surface area contributed by atoms with Crippen LogP contribution in [0.4, 0.5) is 5.69 Å². The van der Waals surface area contributed by atoms with Crippen LogP contribution in [0.25, 0.3) is 0 Å². The minimum absolute atomic E-state index is 0.290. The van der Waals surface area contributed by atoms with Gasteiger partial charge in [0.15, 0.2) is 0 Å². The van der Waals surface area contributed by atoms with E-state index in [1.54, 1.807) is 18.2 Å². The number of anilines is 1.